The Bertz CT molecular complexity index is 1540. The maximum absolute atomic E-state index is 14.6. The molecule has 0 saturated heterocycles. The lowest BCUT2D eigenvalue weighted by molar-refractivity contribution is 0.0697. The van der Waals surface area contributed by atoms with Crippen LogP contribution in [0.15, 0.2) is 82.4 Å². The highest BCUT2D eigenvalue weighted by Gasteiger charge is 2.20. The average Bonchev–Trinajstić information content (AvgIpc) is 2.96. The molecule has 0 aliphatic carbocycles. The van der Waals surface area contributed by atoms with E-state index in [1.54, 1.807) is 36.5 Å². The largest absolute Gasteiger partial charge is 0.478 e. The number of guanidine groups is 1. The highest BCUT2D eigenvalue weighted by atomic mass is 35.5. The van der Waals surface area contributed by atoms with Crippen molar-refractivity contribution < 1.29 is 18.7 Å². The highest BCUT2D eigenvalue weighted by Crippen LogP contribution is 2.23. The van der Waals surface area contributed by atoms with Gasteiger partial charge in [0.1, 0.15) is 11.6 Å². The number of anilines is 1. The molecule has 0 amide bonds. The van der Waals surface area contributed by atoms with Crippen molar-refractivity contribution in [3.8, 4) is 0 Å². The second kappa shape index (κ2) is 8.57. The molecule has 2 heterocycles. The summed E-state index contributed by atoms with van der Waals surface area (Å²) in [4.78, 5) is 19.8. The quantitative estimate of drug-likeness (QED) is 0.539. The molecule has 3 aromatic carbocycles. The lowest BCUT2D eigenvalue weighted by Gasteiger charge is -2.18. The number of halogens is 3. The second-order valence-electron chi connectivity index (χ2n) is 7.46. The van der Waals surface area contributed by atoms with Gasteiger partial charge in [-0.05, 0) is 48.5 Å². The lowest BCUT2D eigenvalue weighted by atomic mass is 10.1. The summed E-state index contributed by atoms with van der Waals surface area (Å²) < 4.78 is 29.3. The number of hydrogen-bond acceptors (Lipinski definition) is 5. The molecular weight excluding hydrogens is 462 g/mol. The predicted octanol–water partition coefficient (Wildman–Crippen LogP) is 3.62. The number of rotatable bonds is 3. The molecule has 5 rings (SSSR count). The van der Waals surface area contributed by atoms with Gasteiger partial charge in [-0.3, -0.25) is 4.99 Å². The number of carbonyl (C=O) groups is 1. The summed E-state index contributed by atoms with van der Waals surface area (Å²) in [5.41, 5.74) is 1.85. The van der Waals surface area contributed by atoms with Gasteiger partial charge in [0.2, 0.25) is 5.96 Å². The van der Waals surface area contributed by atoms with E-state index in [1.165, 1.54) is 36.5 Å². The van der Waals surface area contributed by atoms with Crippen LogP contribution in [0, 0.1) is 11.6 Å². The molecule has 0 saturated carbocycles. The normalized spacial score (nSPS) is 14.3. The van der Waals surface area contributed by atoms with Gasteiger partial charge in [-0.2, -0.15) is 0 Å². The average molecular weight is 477 g/mol. The van der Waals surface area contributed by atoms with Gasteiger partial charge in [0.15, 0.2) is 0 Å². The molecule has 0 spiro atoms. The van der Waals surface area contributed by atoms with Crippen LogP contribution in [0.3, 0.4) is 0 Å². The van der Waals surface area contributed by atoms with E-state index in [9.17, 15) is 13.6 Å². The van der Waals surface area contributed by atoms with Crippen molar-refractivity contribution in [3.05, 3.63) is 111 Å². The Morgan fingerprint density at radius 1 is 1.00 bits per heavy atom. The van der Waals surface area contributed by atoms with Gasteiger partial charge in [0.25, 0.3) is 0 Å². The van der Waals surface area contributed by atoms with E-state index in [0.717, 1.165) is 0 Å². The van der Waals surface area contributed by atoms with Crippen LogP contribution in [0.2, 0.25) is 5.02 Å². The topological polar surface area (TPSA) is 86.1 Å². The van der Waals surface area contributed by atoms with E-state index in [1.807, 2.05) is 0 Å². The predicted molar refractivity (Wildman–Crippen MR) is 127 cm³/mol. The van der Waals surface area contributed by atoms with Gasteiger partial charge in [0, 0.05) is 39.1 Å². The SMILES string of the molecule is O=C(O)c1ccc(NC2=NC=C3C=NC(c4c(F)cccc4F)=c4cc(Cl)ccc4=C3N2)cc1. The Morgan fingerprint density at radius 2 is 1.74 bits per heavy atom. The third kappa shape index (κ3) is 3.95. The minimum Gasteiger partial charge on any atom is -0.478 e. The first-order valence-corrected chi connectivity index (χ1v) is 10.5. The molecule has 168 valence electrons. The third-order valence-corrected chi connectivity index (χ3v) is 5.53. The molecule has 0 aromatic heterocycles. The highest BCUT2D eigenvalue weighted by molar-refractivity contribution is 6.30. The molecule has 0 atom stereocenters. The van der Waals surface area contributed by atoms with Gasteiger partial charge in [-0.25, -0.2) is 18.6 Å². The third-order valence-electron chi connectivity index (χ3n) is 5.30. The summed E-state index contributed by atoms with van der Waals surface area (Å²) in [6.07, 6.45) is 3.06. The Hall–Kier alpha value is -4.30. The summed E-state index contributed by atoms with van der Waals surface area (Å²) in [6.45, 7) is 0. The van der Waals surface area contributed by atoms with Crippen molar-refractivity contribution >= 4 is 46.8 Å². The van der Waals surface area contributed by atoms with Crippen LogP contribution in [-0.2, 0) is 0 Å². The maximum Gasteiger partial charge on any atom is 0.335 e. The number of aromatic carboxylic acids is 1. The van der Waals surface area contributed by atoms with E-state index in [0.29, 0.717) is 38.4 Å². The number of carboxylic acids is 1. The van der Waals surface area contributed by atoms with E-state index in [4.69, 9.17) is 16.7 Å². The summed E-state index contributed by atoms with van der Waals surface area (Å²) in [5.74, 6) is -2.12. The number of hydrogen-bond donors (Lipinski definition) is 3. The first-order chi connectivity index (χ1) is 16.4. The van der Waals surface area contributed by atoms with Gasteiger partial charge in [0.05, 0.1) is 22.5 Å². The van der Waals surface area contributed by atoms with E-state index in [-0.39, 0.29) is 16.8 Å². The number of nitrogens with zero attached hydrogens (tertiary/aromatic N) is 2. The lowest BCUT2D eigenvalue weighted by Crippen LogP contribution is -2.39. The van der Waals surface area contributed by atoms with Crippen LogP contribution in [0.4, 0.5) is 14.5 Å². The second-order valence-corrected chi connectivity index (χ2v) is 7.90. The molecule has 3 aromatic rings. The van der Waals surface area contributed by atoms with Crippen molar-refractivity contribution in [2.75, 3.05) is 5.32 Å². The molecule has 9 heteroatoms. The maximum atomic E-state index is 14.6. The zero-order valence-corrected chi connectivity index (χ0v) is 18.1. The van der Waals surface area contributed by atoms with Crippen LogP contribution in [0.5, 0.6) is 0 Å². The van der Waals surface area contributed by atoms with Crippen LogP contribution < -0.4 is 21.1 Å². The zero-order chi connectivity index (χ0) is 23.8. The van der Waals surface area contributed by atoms with Crippen molar-refractivity contribution in [1.29, 1.82) is 0 Å². The number of benzene rings is 3. The van der Waals surface area contributed by atoms with E-state index in [2.05, 4.69) is 20.6 Å². The monoisotopic (exact) mass is 476 g/mol. The summed E-state index contributed by atoms with van der Waals surface area (Å²) in [6, 6.07) is 14.9. The summed E-state index contributed by atoms with van der Waals surface area (Å²) in [5, 5.41) is 16.8. The van der Waals surface area contributed by atoms with Crippen LogP contribution >= 0.6 is 11.6 Å². The fourth-order valence-corrected chi connectivity index (χ4v) is 3.87. The smallest absolute Gasteiger partial charge is 0.335 e. The fourth-order valence-electron chi connectivity index (χ4n) is 3.70. The zero-order valence-electron chi connectivity index (χ0n) is 17.3. The molecule has 0 radical (unpaired) electrons. The number of aliphatic imine (C=N–C) groups is 2. The summed E-state index contributed by atoms with van der Waals surface area (Å²) in [7, 11) is 0. The molecule has 0 unspecified atom stereocenters. The fraction of sp³-hybridized carbons (Fsp3) is 0. The van der Waals surface area contributed by atoms with E-state index >= 15 is 0 Å². The van der Waals surface area contributed by atoms with E-state index < -0.39 is 17.6 Å². The minimum absolute atomic E-state index is 0.108. The van der Waals surface area contributed by atoms with Crippen molar-refractivity contribution in [3.63, 3.8) is 0 Å². The summed E-state index contributed by atoms with van der Waals surface area (Å²) >= 11 is 6.23. The molecule has 2 aliphatic heterocycles. The Balaban J connectivity index is 1.63. The number of nitrogens with one attached hydrogen (secondary N) is 2. The van der Waals surface area contributed by atoms with Crippen molar-refractivity contribution in [1.82, 2.24) is 5.32 Å². The molecule has 0 fully saturated rings. The molecule has 6 nitrogen and oxygen atoms in total. The molecule has 34 heavy (non-hydrogen) atoms. The van der Waals surface area contributed by atoms with Gasteiger partial charge in [-0.15, -0.1) is 0 Å². The van der Waals surface area contributed by atoms with Crippen LogP contribution in [0.25, 0.3) is 11.4 Å². The molecular formula is C25H15ClF2N4O2. The molecule has 2 aliphatic rings. The van der Waals surface area contributed by atoms with Gasteiger partial charge < -0.3 is 15.7 Å². The van der Waals surface area contributed by atoms with Crippen molar-refractivity contribution in [2.24, 2.45) is 9.98 Å². The molecule has 0 bridgehead atoms. The Morgan fingerprint density at radius 3 is 2.44 bits per heavy atom. The number of fused-ring (bicyclic) bond motifs is 2. The molecule has 3 N–H and O–H groups in total. The Kier molecular flexibility index (Phi) is 5.43. The number of carboxylic acid groups (broad SMARTS) is 1. The first-order valence-electron chi connectivity index (χ1n) is 10.1. The van der Waals surface area contributed by atoms with Crippen molar-refractivity contribution in [2.45, 2.75) is 0 Å². The van der Waals surface area contributed by atoms with Gasteiger partial charge in [-0.1, -0.05) is 23.7 Å². The van der Waals surface area contributed by atoms with Crippen LogP contribution in [0.1, 0.15) is 15.9 Å². The standard InChI is InChI=1S/C25H15ClF2N4O2/c26-15-6-9-17-18(10-15)23(21-19(27)2-1-3-20(21)28)29-11-14-12-30-25(32-22(14)17)31-16-7-4-13(5-8-16)24(33)34/h1-12H,(H,33,34)(H2,30,31,32). The van der Waals surface area contributed by atoms with Crippen LogP contribution in [-0.4, -0.2) is 23.2 Å². The minimum atomic E-state index is -1.02. The Labute approximate surface area is 197 Å². The first kappa shape index (κ1) is 21.5. The van der Waals surface area contributed by atoms with Gasteiger partial charge >= 0.3 is 5.97 Å².